The van der Waals surface area contributed by atoms with Crippen LogP contribution in [0.2, 0.25) is 0 Å². The zero-order chi connectivity index (χ0) is 11.4. The summed E-state index contributed by atoms with van der Waals surface area (Å²) in [4.78, 5) is 24.7. The van der Waals surface area contributed by atoms with E-state index in [1.807, 2.05) is 18.2 Å². The molecule has 3 heteroatoms. The minimum atomic E-state index is -0.235. The lowest BCUT2D eigenvalue weighted by molar-refractivity contribution is -0.112. The lowest BCUT2D eigenvalue weighted by Crippen LogP contribution is -2.44. The zero-order valence-electron chi connectivity index (χ0n) is 9.13. The number of benzene rings is 1. The summed E-state index contributed by atoms with van der Waals surface area (Å²) < 4.78 is 0. The summed E-state index contributed by atoms with van der Waals surface area (Å²) in [6, 6.07) is 8.91. The van der Waals surface area contributed by atoms with Crippen LogP contribution in [0, 0.1) is 0 Å². The summed E-state index contributed by atoms with van der Waals surface area (Å²) in [6.45, 7) is 0.692. The largest absolute Gasteiger partial charge is 0.329 e. The van der Waals surface area contributed by atoms with E-state index in [1.165, 1.54) is 0 Å². The summed E-state index contributed by atoms with van der Waals surface area (Å²) in [5.74, 6) is -0.0302. The molecule has 84 valence electrons. The fourth-order valence-electron chi connectivity index (χ4n) is 2.10. The third kappa shape index (κ3) is 2.13. The highest BCUT2D eigenvalue weighted by atomic mass is 16.2. The molecule has 0 saturated carbocycles. The Labute approximate surface area is 95.1 Å². The van der Waals surface area contributed by atoms with Gasteiger partial charge in [-0.25, -0.2) is 0 Å². The standard InChI is InChI=1S/C13H15NO2/c15-10-12-8-4-5-9-14(12)13(16)11-6-2-1-3-7-11/h1-3,6-7,10,12H,4-5,8-9H2. The minimum Gasteiger partial charge on any atom is -0.329 e. The molecule has 3 nitrogen and oxygen atoms in total. The molecule has 1 fully saturated rings. The Hall–Kier alpha value is -1.64. The number of hydrogen-bond donors (Lipinski definition) is 0. The first-order valence-electron chi connectivity index (χ1n) is 5.64. The number of piperidine rings is 1. The van der Waals surface area contributed by atoms with E-state index in [2.05, 4.69) is 0 Å². The Bertz CT molecular complexity index is 375. The molecule has 1 aliphatic rings. The fourth-order valence-corrected chi connectivity index (χ4v) is 2.10. The summed E-state index contributed by atoms with van der Waals surface area (Å²) in [5.41, 5.74) is 0.663. The van der Waals surface area contributed by atoms with Gasteiger partial charge in [-0.05, 0) is 31.4 Å². The molecular formula is C13H15NO2. The van der Waals surface area contributed by atoms with Crippen LogP contribution in [0.4, 0.5) is 0 Å². The van der Waals surface area contributed by atoms with E-state index in [1.54, 1.807) is 17.0 Å². The van der Waals surface area contributed by atoms with Crippen LogP contribution in [0.3, 0.4) is 0 Å². The average Bonchev–Trinajstić information content (AvgIpc) is 2.39. The van der Waals surface area contributed by atoms with Gasteiger partial charge < -0.3 is 9.69 Å². The maximum absolute atomic E-state index is 12.1. The Morgan fingerprint density at radius 1 is 1.25 bits per heavy atom. The van der Waals surface area contributed by atoms with Crippen LogP contribution >= 0.6 is 0 Å². The van der Waals surface area contributed by atoms with E-state index in [0.29, 0.717) is 12.1 Å². The summed E-state index contributed by atoms with van der Waals surface area (Å²) in [7, 11) is 0. The van der Waals surface area contributed by atoms with Crippen molar-refractivity contribution in [3.8, 4) is 0 Å². The number of nitrogens with zero attached hydrogens (tertiary/aromatic N) is 1. The van der Waals surface area contributed by atoms with Crippen molar-refractivity contribution in [1.82, 2.24) is 4.90 Å². The zero-order valence-corrected chi connectivity index (χ0v) is 9.13. The molecule has 0 aromatic heterocycles. The van der Waals surface area contributed by atoms with Crippen molar-refractivity contribution in [3.05, 3.63) is 35.9 Å². The Morgan fingerprint density at radius 2 is 2.00 bits per heavy atom. The molecule has 0 N–H and O–H groups in total. The summed E-state index contributed by atoms with van der Waals surface area (Å²) in [5, 5.41) is 0. The van der Waals surface area contributed by atoms with Gasteiger partial charge in [0.25, 0.3) is 5.91 Å². The number of carbonyl (C=O) groups is 2. The lowest BCUT2D eigenvalue weighted by atomic mass is 10.0. The molecule has 2 rings (SSSR count). The van der Waals surface area contributed by atoms with E-state index in [4.69, 9.17) is 0 Å². The predicted octanol–water partition coefficient (Wildman–Crippen LogP) is 1.88. The van der Waals surface area contributed by atoms with Gasteiger partial charge in [0, 0.05) is 12.1 Å². The number of hydrogen-bond acceptors (Lipinski definition) is 2. The number of rotatable bonds is 2. The average molecular weight is 217 g/mol. The van der Waals surface area contributed by atoms with Gasteiger partial charge in [-0.15, -0.1) is 0 Å². The SMILES string of the molecule is O=CC1CCCCN1C(=O)c1ccccc1. The molecular weight excluding hydrogens is 202 g/mol. The normalized spacial score (nSPS) is 20.5. The molecule has 1 heterocycles. The number of likely N-dealkylation sites (tertiary alicyclic amines) is 1. The topological polar surface area (TPSA) is 37.4 Å². The van der Waals surface area contributed by atoms with E-state index < -0.39 is 0 Å². The fraction of sp³-hybridized carbons (Fsp3) is 0.385. The molecule has 0 aliphatic carbocycles. The highest BCUT2D eigenvalue weighted by molar-refractivity contribution is 5.95. The highest BCUT2D eigenvalue weighted by Crippen LogP contribution is 2.18. The van der Waals surface area contributed by atoms with Gasteiger partial charge in [-0.1, -0.05) is 18.2 Å². The van der Waals surface area contributed by atoms with Crippen LogP contribution in [0.5, 0.6) is 0 Å². The maximum atomic E-state index is 12.1. The number of amides is 1. The highest BCUT2D eigenvalue weighted by Gasteiger charge is 2.26. The molecule has 0 bridgehead atoms. The molecule has 1 aromatic carbocycles. The Balaban J connectivity index is 2.17. The van der Waals surface area contributed by atoms with Crippen LogP contribution in [0.15, 0.2) is 30.3 Å². The summed E-state index contributed by atoms with van der Waals surface area (Å²) >= 11 is 0. The predicted molar refractivity (Wildman–Crippen MR) is 61.2 cm³/mol. The first-order chi connectivity index (χ1) is 7.83. The lowest BCUT2D eigenvalue weighted by Gasteiger charge is -2.32. The smallest absolute Gasteiger partial charge is 0.254 e. The second-order valence-corrected chi connectivity index (χ2v) is 4.06. The molecule has 1 aliphatic heterocycles. The van der Waals surface area contributed by atoms with Gasteiger partial charge in [0.1, 0.15) is 6.29 Å². The van der Waals surface area contributed by atoms with Gasteiger partial charge in [0.15, 0.2) is 0 Å². The molecule has 1 saturated heterocycles. The monoisotopic (exact) mass is 217 g/mol. The van der Waals surface area contributed by atoms with Crippen LogP contribution in [0.1, 0.15) is 29.6 Å². The van der Waals surface area contributed by atoms with Gasteiger partial charge in [0.05, 0.1) is 6.04 Å². The third-order valence-electron chi connectivity index (χ3n) is 2.99. The second kappa shape index (κ2) is 4.92. The van der Waals surface area contributed by atoms with E-state index in [0.717, 1.165) is 25.5 Å². The second-order valence-electron chi connectivity index (χ2n) is 4.06. The first-order valence-corrected chi connectivity index (χ1v) is 5.64. The van der Waals surface area contributed by atoms with Gasteiger partial charge in [-0.2, -0.15) is 0 Å². The van der Waals surface area contributed by atoms with Crippen molar-refractivity contribution in [2.75, 3.05) is 6.54 Å². The van der Waals surface area contributed by atoms with E-state index >= 15 is 0 Å². The molecule has 1 unspecified atom stereocenters. The van der Waals surface area contributed by atoms with Crippen molar-refractivity contribution in [1.29, 1.82) is 0 Å². The first kappa shape index (κ1) is 10.9. The van der Waals surface area contributed by atoms with Gasteiger partial charge in [-0.3, -0.25) is 4.79 Å². The maximum Gasteiger partial charge on any atom is 0.254 e. The number of aldehydes is 1. The van der Waals surface area contributed by atoms with Crippen LogP contribution < -0.4 is 0 Å². The molecule has 1 aromatic rings. The van der Waals surface area contributed by atoms with Gasteiger partial charge in [0.2, 0.25) is 0 Å². The van der Waals surface area contributed by atoms with Crippen LogP contribution in [-0.2, 0) is 4.79 Å². The molecule has 0 radical (unpaired) electrons. The number of carbonyl (C=O) groups excluding carboxylic acids is 2. The van der Waals surface area contributed by atoms with Crippen molar-refractivity contribution in [2.24, 2.45) is 0 Å². The van der Waals surface area contributed by atoms with Crippen molar-refractivity contribution in [3.63, 3.8) is 0 Å². The van der Waals surface area contributed by atoms with E-state index in [9.17, 15) is 9.59 Å². The molecule has 16 heavy (non-hydrogen) atoms. The summed E-state index contributed by atoms with van der Waals surface area (Å²) in [6.07, 6.45) is 3.70. The van der Waals surface area contributed by atoms with Crippen molar-refractivity contribution in [2.45, 2.75) is 25.3 Å². The Morgan fingerprint density at radius 3 is 2.69 bits per heavy atom. The van der Waals surface area contributed by atoms with Crippen molar-refractivity contribution < 1.29 is 9.59 Å². The van der Waals surface area contributed by atoms with Gasteiger partial charge >= 0.3 is 0 Å². The molecule has 0 spiro atoms. The quantitative estimate of drug-likeness (QED) is 0.709. The third-order valence-corrected chi connectivity index (χ3v) is 2.99. The van der Waals surface area contributed by atoms with Crippen molar-refractivity contribution >= 4 is 12.2 Å². The van der Waals surface area contributed by atoms with E-state index in [-0.39, 0.29) is 11.9 Å². The minimum absolute atomic E-state index is 0.0302. The molecule has 1 amide bonds. The Kier molecular flexibility index (Phi) is 3.34. The van der Waals surface area contributed by atoms with Crippen LogP contribution in [-0.4, -0.2) is 29.7 Å². The molecule has 1 atom stereocenters. The van der Waals surface area contributed by atoms with Crippen LogP contribution in [0.25, 0.3) is 0 Å².